The van der Waals surface area contributed by atoms with Crippen LogP contribution in [0.1, 0.15) is 0 Å². The SMILES string of the molecule is O=[N+]([O-])c1c[c]c(Oc2cccc(Cl)c2Cl)cc1. The summed E-state index contributed by atoms with van der Waals surface area (Å²) < 4.78 is 5.43. The zero-order chi connectivity index (χ0) is 13.1. The molecule has 0 saturated heterocycles. The fourth-order valence-electron chi connectivity index (χ4n) is 1.26. The van der Waals surface area contributed by atoms with Gasteiger partial charge in [0.1, 0.15) is 16.5 Å². The second kappa shape index (κ2) is 5.25. The molecule has 0 unspecified atom stereocenters. The Morgan fingerprint density at radius 3 is 2.61 bits per heavy atom. The molecule has 2 aromatic rings. The first kappa shape index (κ1) is 12.7. The van der Waals surface area contributed by atoms with Gasteiger partial charge in [-0.1, -0.05) is 29.3 Å². The minimum atomic E-state index is -0.507. The van der Waals surface area contributed by atoms with Crippen LogP contribution in [-0.4, -0.2) is 4.92 Å². The molecular formula is C12H6Cl2NO3. The number of hydrogen-bond donors (Lipinski definition) is 0. The predicted molar refractivity (Wildman–Crippen MR) is 68.5 cm³/mol. The van der Waals surface area contributed by atoms with Crippen molar-refractivity contribution < 1.29 is 9.66 Å². The van der Waals surface area contributed by atoms with E-state index in [9.17, 15) is 10.1 Å². The molecule has 0 aliphatic carbocycles. The molecule has 0 atom stereocenters. The van der Waals surface area contributed by atoms with E-state index in [2.05, 4.69) is 6.07 Å². The van der Waals surface area contributed by atoms with Crippen LogP contribution >= 0.6 is 23.2 Å². The monoisotopic (exact) mass is 282 g/mol. The second-order valence-electron chi connectivity index (χ2n) is 3.32. The first-order chi connectivity index (χ1) is 8.58. The highest BCUT2D eigenvalue weighted by Crippen LogP contribution is 2.34. The molecule has 0 saturated carbocycles. The van der Waals surface area contributed by atoms with Gasteiger partial charge in [0.15, 0.2) is 0 Å². The zero-order valence-corrected chi connectivity index (χ0v) is 10.4. The van der Waals surface area contributed by atoms with Crippen LogP contribution < -0.4 is 4.74 Å². The summed E-state index contributed by atoms with van der Waals surface area (Å²) in [6, 6.07) is 11.6. The highest BCUT2D eigenvalue weighted by atomic mass is 35.5. The number of hydrogen-bond acceptors (Lipinski definition) is 3. The summed E-state index contributed by atoms with van der Waals surface area (Å²) in [5.41, 5.74) is -0.0560. The topological polar surface area (TPSA) is 52.4 Å². The molecule has 0 amide bonds. The summed E-state index contributed by atoms with van der Waals surface area (Å²) in [6.45, 7) is 0. The molecule has 2 aromatic carbocycles. The smallest absolute Gasteiger partial charge is 0.270 e. The van der Waals surface area contributed by atoms with Gasteiger partial charge < -0.3 is 4.74 Å². The summed E-state index contributed by atoms with van der Waals surface area (Å²) in [5.74, 6) is 0.694. The van der Waals surface area contributed by atoms with Crippen molar-refractivity contribution in [3.05, 3.63) is 62.6 Å². The van der Waals surface area contributed by atoms with Crippen LogP contribution in [0.3, 0.4) is 0 Å². The number of ether oxygens (including phenoxy) is 1. The Balaban J connectivity index is 2.24. The summed E-state index contributed by atoms with van der Waals surface area (Å²) >= 11 is 11.8. The molecule has 0 aliphatic rings. The lowest BCUT2D eigenvalue weighted by Gasteiger charge is -2.07. The maximum Gasteiger partial charge on any atom is 0.270 e. The van der Waals surface area contributed by atoms with Crippen molar-refractivity contribution in [3.8, 4) is 11.5 Å². The van der Waals surface area contributed by atoms with Gasteiger partial charge in [0.25, 0.3) is 5.69 Å². The van der Waals surface area contributed by atoms with Crippen molar-refractivity contribution in [1.82, 2.24) is 0 Å². The average Bonchev–Trinajstić information content (AvgIpc) is 2.36. The van der Waals surface area contributed by atoms with Gasteiger partial charge in [0, 0.05) is 18.2 Å². The largest absolute Gasteiger partial charge is 0.455 e. The van der Waals surface area contributed by atoms with Gasteiger partial charge in [-0.15, -0.1) is 0 Å². The molecule has 0 N–H and O–H groups in total. The van der Waals surface area contributed by atoms with Crippen LogP contribution in [0.25, 0.3) is 0 Å². The third-order valence-corrected chi connectivity index (χ3v) is 2.92. The predicted octanol–water partition coefficient (Wildman–Crippen LogP) is 4.49. The van der Waals surface area contributed by atoms with Gasteiger partial charge in [-0.3, -0.25) is 10.1 Å². The molecule has 0 fully saturated rings. The normalized spacial score (nSPS) is 10.1. The molecule has 91 valence electrons. The van der Waals surface area contributed by atoms with Gasteiger partial charge in [-0.2, -0.15) is 0 Å². The van der Waals surface area contributed by atoms with Crippen LogP contribution in [0, 0.1) is 16.2 Å². The molecule has 0 aromatic heterocycles. The van der Waals surface area contributed by atoms with Gasteiger partial charge in [0.05, 0.1) is 9.95 Å². The Bertz CT molecular complexity index is 584. The van der Waals surface area contributed by atoms with E-state index in [0.717, 1.165) is 0 Å². The molecule has 4 nitrogen and oxygen atoms in total. The van der Waals surface area contributed by atoms with Gasteiger partial charge in [-0.05, 0) is 18.2 Å². The summed E-state index contributed by atoms with van der Waals surface area (Å²) in [5, 5.41) is 11.1. The van der Waals surface area contributed by atoms with Crippen molar-refractivity contribution in [3.63, 3.8) is 0 Å². The van der Waals surface area contributed by atoms with Gasteiger partial charge in [-0.25, -0.2) is 0 Å². The number of rotatable bonds is 3. The Morgan fingerprint density at radius 2 is 2.00 bits per heavy atom. The van der Waals surface area contributed by atoms with Crippen LogP contribution in [0.2, 0.25) is 10.0 Å². The third kappa shape index (κ3) is 2.72. The van der Waals surface area contributed by atoms with E-state index >= 15 is 0 Å². The highest BCUT2D eigenvalue weighted by Gasteiger charge is 2.09. The molecular weight excluding hydrogens is 277 g/mol. The molecule has 1 radical (unpaired) electrons. The molecule has 0 spiro atoms. The van der Waals surface area contributed by atoms with E-state index in [1.165, 1.54) is 18.2 Å². The van der Waals surface area contributed by atoms with Gasteiger partial charge in [0.2, 0.25) is 0 Å². The Morgan fingerprint density at radius 1 is 1.22 bits per heavy atom. The Hall–Kier alpha value is -1.78. The number of non-ortho nitro benzene ring substituents is 1. The maximum absolute atomic E-state index is 10.5. The van der Waals surface area contributed by atoms with Crippen LogP contribution in [0.15, 0.2) is 36.4 Å². The quantitative estimate of drug-likeness (QED) is 0.615. The Kier molecular flexibility index (Phi) is 3.69. The number of nitro benzene ring substituents is 1. The number of nitrogens with zero attached hydrogens (tertiary/aromatic N) is 1. The molecule has 0 bridgehead atoms. The standard InChI is InChI=1S/C12H6Cl2NO3/c13-10-2-1-3-11(12(10)14)18-9-6-4-8(5-7-9)15(16)17/h1-6H. The number of benzene rings is 2. The van der Waals surface area contributed by atoms with E-state index in [1.54, 1.807) is 18.2 Å². The highest BCUT2D eigenvalue weighted by molar-refractivity contribution is 6.42. The van der Waals surface area contributed by atoms with Crippen molar-refractivity contribution in [2.45, 2.75) is 0 Å². The first-order valence-corrected chi connectivity index (χ1v) is 5.61. The second-order valence-corrected chi connectivity index (χ2v) is 4.11. The van der Waals surface area contributed by atoms with E-state index in [1.807, 2.05) is 0 Å². The van der Waals surface area contributed by atoms with E-state index in [-0.39, 0.29) is 10.7 Å². The third-order valence-electron chi connectivity index (χ3n) is 2.11. The Labute approximate surface area is 113 Å². The van der Waals surface area contributed by atoms with E-state index in [4.69, 9.17) is 27.9 Å². The fraction of sp³-hybridized carbons (Fsp3) is 0. The summed E-state index contributed by atoms with van der Waals surface area (Å²) in [4.78, 5) is 9.97. The van der Waals surface area contributed by atoms with Crippen molar-refractivity contribution in [1.29, 1.82) is 0 Å². The van der Waals surface area contributed by atoms with Crippen LogP contribution in [-0.2, 0) is 0 Å². The minimum absolute atomic E-state index is 0.0560. The van der Waals surface area contributed by atoms with Crippen molar-refractivity contribution in [2.24, 2.45) is 0 Å². The average molecular weight is 283 g/mol. The van der Waals surface area contributed by atoms with E-state index < -0.39 is 4.92 Å². The lowest BCUT2D eigenvalue weighted by atomic mass is 10.3. The van der Waals surface area contributed by atoms with Crippen molar-refractivity contribution in [2.75, 3.05) is 0 Å². The van der Waals surface area contributed by atoms with Crippen LogP contribution in [0.4, 0.5) is 5.69 Å². The summed E-state index contributed by atoms with van der Waals surface area (Å²) in [7, 11) is 0. The minimum Gasteiger partial charge on any atom is -0.455 e. The number of halogens is 2. The zero-order valence-electron chi connectivity index (χ0n) is 8.89. The molecule has 6 heteroatoms. The molecule has 18 heavy (non-hydrogen) atoms. The fourth-order valence-corrected chi connectivity index (χ4v) is 1.59. The molecule has 0 heterocycles. The summed E-state index contributed by atoms with van der Waals surface area (Å²) in [6.07, 6.45) is 0. The van der Waals surface area contributed by atoms with E-state index in [0.29, 0.717) is 16.5 Å². The maximum atomic E-state index is 10.5. The lowest BCUT2D eigenvalue weighted by Crippen LogP contribution is -1.89. The first-order valence-electron chi connectivity index (χ1n) is 4.86. The number of nitro groups is 1. The van der Waals surface area contributed by atoms with Crippen molar-refractivity contribution >= 4 is 28.9 Å². The van der Waals surface area contributed by atoms with Gasteiger partial charge >= 0.3 is 0 Å². The lowest BCUT2D eigenvalue weighted by molar-refractivity contribution is -0.384. The van der Waals surface area contributed by atoms with Crippen LogP contribution in [0.5, 0.6) is 11.5 Å². The molecule has 0 aliphatic heterocycles. The molecule has 2 rings (SSSR count).